The fourth-order valence-electron chi connectivity index (χ4n) is 5.28. The standard InChI is InChI=1S/C28H40N4O2/c1-18-9-10-21(19(2)14-18)15-25(34)23-16-31(20(3)33)17-24(23)27-30-29-26(32(27)22-11-12-22)8-7-13-28(4,5)6/h9-10,14,22-24H,7-8,11-13,15-17H2,1-6H3/t23-,24-/m0/s1. The Hall–Kier alpha value is -2.50. The predicted molar refractivity (Wildman–Crippen MR) is 134 cm³/mol. The number of carbonyl (C=O) groups is 2. The molecule has 0 radical (unpaired) electrons. The second kappa shape index (κ2) is 9.63. The van der Waals surface area contributed by atoms with E-state index >= 15 is 0 Å². The van der Waals surface area contributed by atoms with Gasteiger partial charge < -0.3 is 9.47 Å². The molecule has 0 spiro atoms. The van der Waals surface area contributed by atoms with Crippen molar-refractivity contribution in [2.75, 3.05) is 13.1 Å². The van der Waals surface area contributed by atoms with Gasteiger partial charge in [-0.05, 0) is 56.1 Å². The lowest BCUT2D eigenvalue weighted by Crippen LogP contribution is -2.28. The smallest absolute Gasteiger partial charge is 0.219 e. The van der Waals surface area contributed by atoms with Crippen molar-refractivity contribution < 1.29 is 9.59 Å². The second-order valence-corrected chi connectivity index (χ2v) is 11.7. The molecule has 2 aliphatic rings. The van der Waals surface area contributed by atoms with Crippen molar-refractivity contribution in [3.63, 3.8) is 0 Å². The summed E-state index contributed by atoms with van der Waals surface area (Å²) in [4.78, 5) is 27.7. The van der Waals surface area contributed by atoms with Crippen molar-refractivity contribution in [1.82, 2.24) is 19.7 Å². The topological polar surface area (TPSA) is 68.1 Å². The summed E-state index contributed by atoms with van der Waals surface area (Å²) in [6, 6.07) is 6.70. The van der Waals surface area contributed by atoms with Crippen LogP contribution in [0.15, 0.2) is 18.2 Å². The molecule has 1 aliphatic heterocycles. The van der Waals surface area contributed by atoms with Gasteiger partial charge >= 0.3 is 0 Å². The molecule has 2 atom stereocenters. The van der Waals surface area contributed by atoms with Gasteiger partial charge in [0.25, 0.3) is 0 Å². The Bertz CT molecular complexity index is 1060. The van der Waals surface area contributed by atoms with Gasteiger partial charge in [0.1, 0.15) is 17.4 Å². The number of Topliss-reactive ketones (excluding diaryl/α,β-unsaturated/α-hetero) is 1. The van der Waals surface area contributed by atoms with Crippen molar-refractivity contribution in [1.29, 1.82) is 0 Å². The summed E-state index contributed by atoms with van der Waals surface area (Å²) in [7, 11) is 0. The Morgan fingerprint density at radius 1 is 1.09 bits per heavy atom. The lowest BCUT2D eigenvalue weighted by molar-refractivity contribution is -0.128. The van der Waals surface area contributed by atoms with E-state index in [4.69, 9.17) is 0 Å². The third kappa shape index (κ3) is 5.59. The van der Waals surface area contributed by atoms with Crippen LogP contribution in [-0.4, -0.2) is 44.4 Å². The van der Waals surface area contributed by atoms with E-state index in [0.717, 1.165) is 54.9 Å². The number of hydrogen-bond acceptors (Lipinski definition) is 4. The summed E-state index contributed by atoms with van der Waals surface area (Å²) in [5.74, 6) is 1.84. The molecule has 1 amide bonds. The molecule has 0 N–H and O–H groups in total. The quantitative estimate of drug-likeness (QED) is 0.553. The number of amides is 1. The molecule has 2 fully saturated rings. The van der Waals surface area contributed by atoms with Gasteiger partial charge in [-0.15, -0.1) is 10.2 Å². The first kappa shape index (κ1) is 24.6. The third-order valence-electron chi connectivity index (χ3n) is 7.41. The number of ketones is 1. The summed E-state index contributed by atoms with van der Waals surface area (Å²) in [6.07, 6.45) is 5.80. The SMILES string of the molecule is CC(=O)N1C[C@H](C(=O)Cc2ccc(C)cc2C)[C@@H](c2nnc(CCCC(C)(C)C)n2C2CC2)C1. The van der Waals surface area contributed by atoms with Gasteiger partial charge in [0.05, 0.1) is 0 Å². The van der Waals surface area contributed by atoms with Gasteiger partial charge in [-0.2, -0.15) is 0 Å². The minimum atomic E-state index is -0.242. The number of likely N-dealkylation sites (tertiary alicyclic amines) is 1. The lowest BCUT2D eigenvalue weighted by Gasteiger charge is -2.20. The zero-order valence-electron chi connectivity index (χ0n) is 21.7. The number of hydrogen-bond donors (Lipinski definition) is 0. The first-order valence-electron chi connectivity index (χ1n) is 12.8. The maximum atomic E-state index is 13.6. The van der Waals surface area contributed by atoms with Crippen LogP contribution in [0.4, 0.5) is 0 Å². The van der Waals surface area contributed by atoms with Gasteiger partial charge in [-0.25, -0.2) is 0 Å². The van der Waals surface area contributed by atoms with E-state index in [9.17, 15) is 9.59 Å². The number of benzene rings is 1. The van der Waals surface area contributed by atoms with Crippen LogP contribution in [0, 0.1) is 25.2 Å². The molecule has 1 aromatic carbocycles. The van der Waals surface area contributed by atoms with Crippen molar-refractivity contribution in [2.24, 2.45) is 11.3 Å². The monoisotopic (exact) mass is 464 g/mol. The Labute approximate surface area is 204 Å². The molecule has 6 heteroatoms. The van der Waals surface area contributed by atoms with Gasteiger partial charge in [0.15, 0.2) is 0 Å². The highest BCUT2D eigenvalue weighted by Gasteiger charge is 2.43. The molecule has 184 valence electrons. The number of rotatable bonds is 8. The molecule has 34 heavy (non-hydrogen) atoms. The molecule has 1 saturated heterocycles. The first-order valence-corrected chi connectivity index (χ1v) is 12.8. The Kier molecular flexibility index (Phi) is 6.97. The van der Waals surface area contributed by atoms with E-state index in [1.165, 1.54) is 5.56 Å². The summed E-state index contributed by atoms with van der Waals surface area (Å²) in [5, 5.41) is 9.27. The van der Waals surface area contributed by atoms with E-state index < -0.39 is 0 Å². The Balaban J connectivity index is 1.59. The van der Waals surface area contributed by atoms with E-state index in [1.54, 1.807) is 6.92 Å². The van der Waals surface area contributed by atoms with E-state index in [1.807, 2.05) is 4.90 Å². The highest BCUT2D eigenvalue weighted by Crippen LogP contribution is 2.42. The normalized spacial score (nSPS) is 20.7. The molecule has 1 saturated carbocycles. The van der Waals surface area contributed by atoms with Crippen LogP contribution in [-0.2, 0) is 22.4 Å². The maximum Gasteiger partial charge on any atom is 0.219 e. The molecule has 0 bridgehead atoms. The molecular weight excluding hydrogens is 424 g/mol. The summed E-state index contributed by atoms with van der Waals surface area (Å²) < 4.78 is 2.33. The fraction of sp³-hybridized carbons (Fsp3) is 0.643. The molecule has 4 rings (SSSR count). The van der Waals surface area contributed by atoms with Crippen molar-refractivity contribution >= 4 is 11.7 Å². The van der Waals surface area contributed by atoms with Gasteiger partial charge in [-0.1, -0.05) is 44.5 Å². The van der Waals surface area contributed by atoms with Crippen molar-refractivity contribution in [3.05, 3.63) is 46.5 Å². The van der Waals surface area contributed by atoms with Crippen LogP contribution in [0.3, 0.4) is 0 Å². The zero-order valence-corrected chi connectivity index (χ0v) is 21.7. The maximum absolute atomic E-state index is 13.6. The number of nitrogens with zero attached hydrogens (tertiary/aromatic N) is 4. The molecule has 0 unspecified atom stereocenters. The summed E-state index contributed by atoms with van der Waals surface area (Å²) in [6.45, 7) is 13.6. The highest BCUT2D eigenvalue weighted by atomic mass is 16.2. The molecule has 1 aliphatic carbocycles. The van der Waals surface area contributed by atoms with E-state index in [-0.39, 0.29) is 23.5 Å². The van der Waals surface area contributed by atoms with Crippen LogP contribution in [0.1, 0.15) is 93.7 Å². The molecule has 2 heterocycles. The molecule has 1 aromatic heterocycles. The van der Waals surface area contributed by atoms with Crippen molar-refractivity contribution in [3.8, 4) is 0 Å². The first-order chi connectivity index (χ1) is 16.0. The Morgan fingerprint density at radius 2 is 1.82 bits per heavy atom. The highest BCUT2D eigenvalue weighted by molar-refractivity contribution is 5.86. The van der Waals surface area contributed by atoms with E-state index in [2.05, 4.69) is 67.6 Å². The summed E-state index contributed by atoms with van der Waals surface area (Å²) >= 11 is 0. The largest absolute Gasteiger partial charge is 0.341 e. The summed E-state index contributed by atoms with van der Waals surface area (Å²) in [5.41, 5.74) is 3.72. The molecule has 6 nitrogen and oxygen atoms in total. The minimum absolute atomic E-state index is 0.0229. The fourth-order valence-corrected chi connectivity index (χ4v) is 5.28. The van der Waals surface area contributed by atoms with Crippen LogP contribution < -0.4 is 0 Å². The van der Waals surface area contributed by atoms with Crippen LogP contribution in [0.5, 0.6) is 0 Å². The third-order valence-corrected chi connectivity index (χ3v) is 7.41. The van der Waals surface area contributed by atoms with Crippen LogP contribution in [0.25, 0.3) is 0 Å². The van der Waals surface area contributed by atoms with Crippen LogP contribution in [0.2, 0.25) is 0 Å². The molecule has 2 aromatic rings. The van der Waals surface area contributed by atoms with E-state index in [0.29, 0.717) is 31.0 Å². The number of aryl methyl sites for hydroxylation is 3. The van der Waals surface area contributed by atoms with Gasteiger partial charge in [0.2, 0.25) is 5.91 Å². The number of carbonyl (C=O) groups excluding carboxylic acids is 2. The lowest BCUT2D eigenvalue weighted by atomic mass is 9.87. The van der Waals surface area contributed by atoms with Gasteiger partial charge in [-0.3, -0.25) is 9.59 Å². The molecular formula is C28H40N4O2. The van der Waals surface area contributed by atoms with Gasteiger partial charge in [0, 0.05) is 50.7 Å². The van der Waals surface area contributed by atoms with Crippen LogP contribution >= 0.6 is 0 Å². The zero-order chi connectivity index (χ0) is 24.6. The minimum Gasteiger partial charge on any atom is -0.341 e. The average molecular weight is 465 g/mol. The second-order valence-electron chi connectivity index (χ2n) is 11.7. The average Bonchev–Trinajstić information content (AvgIpc) is 3.33. The Morgan fingerprint density at radius 3 is 2.44 bits per heavy atom. The van der Waals surface area contributed by atoms with Crippen molar-refractivity contribution in [2.45, 2.75) is 92.0 Å². The predicted octanol–water partition coefficient (Wildman–Crippen LogP) is 4.97. The number of aromatic nitrogens is 3.